The highest BCUT2D eigenvalue weighted by atomic mass is 16.6. The van der Waals surface area contributed by atoms with Gasteiger partial charge in [0.05, 0.1) is 26.0 Å². The van der Waals surface area contributed by atoms with Crippen LogP contribution >= 0.6 is 0 Å². The van der Waals surface area contributed by atoms with Crippen LogP contribution in [0.4, 0.5) is 5.69 Å². The summed E-state index contributed by atoms with van der Waals surface area (Å²) in [5.74, 6) is -0.298. The van der Waals surface area contributed by atoms with Gasteiger partial charge in [0.2, 0.25) is 0 Å². The molecule has 1 fully saturated rings. The van der Waals surface area contributed by atoms with Crippen molar-refractivity contribution >= 4 is 17.6 Å². The second-order valence-corrected chi connectivity index (χ2v) is 4.62. The maximum Gasteiger partial charge on any atom is 0.320 e. The minimum absolute atomic E-state index is 0.125. The first kappa shape index (κ1) is 12.0. The Labute approximate surface area is 109 Å². The van der Waals surface area contributed by atoms with Crippen molar-refractivity contribution in [1.82, 2.24) is 0 Å². The van der Waals surface area contributed by atoms with Gasteiger partial charge >= 0.3 is 5.97 Å². The van der Waals surface area contributed by atoms with E-state index in [1.54, 1.807) is 24.3 Å². The van der Waals surface area contributed by atoms with Crippen LogP contribution < -0.4 is 10.1 Å². The van der Waals surface area contributed by atoms with Gasteiger partial charge in [-0.1, -0.05) is 12.1 Å². The van der Waals surface area contributed by atoms with Gasteiger partial charge < -0.3 is 19.5 Å². The fourth-order valence-corrected chi connectivity index (χ4v) is 2.32. The molecule has 1 saturated heterocycles. The van der Waals surface area contributed by atoms with E-state index in [2.05, 4.69) is 5.32 Å². The van der Waals surface area contributed by atoms with Gasteiger partial charge in [-0.25, -0.2) is 0 Å². The maximum atomic E-state index is 12.1. The smallest absolute Gasteiger partial charge is 0.320 e. The van der Waals surface area contributed by atoms with Crippen molar-refractivity contribution in [1.29, 1.82) is 0 Å². The normalized spacial score (nSPS) is 23.4. The summed E-state index contributed by atoms with van der Waals surface area (Å²) in [6.45, 7) is 0.250. The Bertz CT molecular complexity index is 538. The van der Waals surface area contributed by atoms with Crippen LogP contribution in [0.15, 0.2) is 24.3 Å². The summed E-state index contributed by atoms with van der Waals surface area (Å²) in [4.78, 5) is 24.0. The molecule has 1 aromatic carbocycles. The van der Waals surface area contributed by atoms with Gasteiger partial charge in [0.1, 0.15) is 5.75 Å². The van der Waals surface area contributed by atoms with E-state index in [4.69, 9.17) is 14.2 Å². The molecule has 2 aliphatic rings. The SMILES string of the molecule is COC(=O)C1(C2Oc3ccccc3NC2=O)COC1. The van der Waals surface area contributed by atoms with E-state index >= 15 is 0 Å². The van der Waals surface area contributed by atoms with Crippen molar-refractivity contribution in [3.63, 3.8) is 0 Å². The van der Waals surface area contributed by atoms with Crippen molar-refractivity contribution in [2.24, 2.45) is 5.41 Å². The zero-order valence-electron chi connectivity index (χ0n) is 10.3. The zero-order valence-corrected chi connectivity index (χ0v) is 10.3. The largest absolute Gasteiger partial charge is 0.477 e. The molecule has 2 heterocycles. The van der Waals surface area contributed by atoms with Crippen molar-refractivity contribution in [2.75, 3.05) is 25.6 Å². The van der Waals surface area contributed by atoms with E-state index in [-0.39, 0.29) is 19.1 Å². The Morgan fingerprint density at radius 3 is 2.79 bits per heavy atom. The summed E-state index contributed by atoms with van der Waals surface area (Å²) in [7, 11) is 1.29. The first-order chi connectivity index (χ1) is 9.17. The average molecular weight is 263 g/mol. The second kappa shape index (κ2) is 4.24. The fourth-order valence-electron chi connectivity index (χ4n) is 2.32. The molecule has 19 heavy (non-hydrogen) atoms. The van der Waals surface area contributed by atoms with Gasteiger partial charge in [0.15, 0.2) is 11.5 Å². The van der Waals surface area contributed by atoms with Crippen molar-refractivity contribution in [2.45, 2.75) is 6.10 Å². The summed E-state index contributed by atoms with van der Waals surface area (Å²) < 4.78 is 15.5. The van der Waals surface area contributed by atoms with Gasteiger partial charge in [-0.15, -0.1) is 0 Å². The quantitative estimate of drug-likeness (QED) is 0.790. The first-order valence-electron chi connectivity index (χ1n) is 5.90. The third kappa shape index (κ3) is 1.67. The molecule has 3 rings (SSSR count). The molecule has 6 heteroatoms. The lowest BCUT2D eigenvalue weighted by atomic mass is 9.79. The Balaban J connectivity index is 1.94. The molecule has 1 atom stereocenters. The summed E-state index contributed by atoms with van der Waals surface area (Å²) in [5, 5.41) is 2.74. The molecule has 2 aliphatic heterocycles. The molecule has 0 saturated carbocycles. The minimum atomic E-state index is -1.05. The highest BCUT2D eigenvalue weighted by Crippen LogP contribution is 2.40. The van der Waals surface area contributed by atoms with Crippen molar-refractivity contribution < 1.29 is 23.8 Å². The number of hydrogen-bond donors (Lipinski definition) is 1. The highest BCUT2D eigenvalue weighted by Gasteiger charge is 2.59. The van der Waals surface area contributed by atoms with Crippen LogP contribution in [0.3, 0.4) is 0 Å². The molecular formula is C13H13NO5. The Morgan fingerprint density at radius 1 is 1.42 bits per heavy atom. The molecule has 1 unspecified atom stereocenters. The Kier molecular flexibility index (Phi) is 2.67. The van der Waals surface area contributed by atoms with Crippen LogP contribution in [-0.2, 0) is 19.1 Å². The average Bonchev–Trinajstić information content (AvgIpc) is 2.37. The van der Waals surface area contributed by atoms with Gasteiger partial charge in [-0.2, -0.15) is 0 Å². The predicted octanol–water partition coefficient (Wildman–Crippen LogP) is 0.576. The summed E-state index contributed by atoms with van der Waals surface area (Å²) in [6, 6.07) is 7.08. The number of rotatable bonds is 2. The third-order valence-corrected chi connectivity index (χ3v) is 3.44. The molecule has 1 N–H and O–H groups in total. The topological polar surface area (TPSA) is 73.9 Å². The Hall–Kier alpha value is -2.08. The number of carbonyl (C=O) groups is 2. The maximum absolute atomic E-state index is 12.1. The molecule has 0 bridgehead atoms. The van der Waals surface area contributed by atoms with E-state index in [0.717, 1.165) is 0 Å². The summed E-state index contributed by atoms with van der Waals surface area (Å²) in [5.41, 5.74) is -0.448. The van der Waals surface area contributed by atoms with Gasteiger partial charge in [-0.3, -0.25) is 9.59 Å². The number of carbonyl (C=O) groups excluding carboxylic acids is 2. The minimum Gasteiger partial charge on any atom is -0.477 e. The second-order valence-electron chi connectivity index (χ2n) is 4.62. The Morgan fingerprint density at radius 2 is 2.16 bits per heavy atom. The fraction of sp³-hybridized carbons (Fsp3) is 0.385. The first-order valence-corrected chi connectivity index (χ1v) is 5.90. The van der Waals surface area contributed by atoms with Crippen molar-refractivity contribution in [3.8, 4) is 5.75 Å². The third-order valence-electron chi connectivity index (χ3n) is 3.44. The van der Waals surface area contributed by atoms with E-state index in [1.807, 2.05) is 0 Å². The zero-order chi connectivity index (χ0) is 13.5. The van der Waals surface area contributed by atoms with Crippen LogP contribution in [0.2, 0.25) is 0 Å². The molecule has 6 nitrogen and oxygen atoms in total. The lowest BCUT2D eigenvalue weighted by Gasteiger charge is -2.44. The standard InChI is InChI=1S/C13H13NO5/c1-17-12(16)13(6-18-7-13)10-11(15)14-8-4-2-3-5-9(8)19-10/h2-5,10H,6-7H2,1H3,(H,14,15). The number of nitrogens with one attached hydrogen (secondary N) is 1. The monoisotopic (exact) mass is 263 g/mol. The molecule has 0 aromatic heterocycles. The van der Waals surface area contributed by atoms with Crippen LogP contribution in [0.25, 0.3) is 0 Å². The van der Waals surface area contributed by atoms with Crippen LogP contribution in [-0.4, -0.2) is 38.3 Å². The van der Waals surface area contributed by atoms with E-state index in [9.17, 15) is 9.59 Å². The van der Waals surface area contributed by atoms with E-state index in [1.165, 1.54) is 7.11 Å². The molecule has 1 aromatic rings. The number of hydrogen-bond acceptors (Lipinski definition) is 5. The number of methoxy groups -OCH3 is 1. The number of fused-ring (bicyclic) bond motifs is 1. The molecule has 0 aliphatic carbocycles. The van der Waals surface area contributed by atoms with Gasteiger partial charge in [-0.05, 0) is 12.1 Å². The summed E-state index contributed by atoms with van der Waals surface area (Å²) in [6.07, 6.45) is -0.927. The lowest BCUT2D eigenvalue weighted by Crippen LogP contribution is -2.63. The molecule has 1 amide bonds. The summed E-state index contributed by atoms with van der Waals surface area (Å²) >= 11 is 0. The number of esters is 1. The molecular weight excluding hydrogens is 250 g/mol. The van der Waals surface area contributed by atoms with Gasteiger partial charge in [0.25, 0.3) is 5.91 Å². The van der Waals surface area contributed by atoms with E-state index in [0.29, 0.717) is 11.4 Å². The van der Waals surface area contributed by atoms with Gasteiger partial charge in [0, 0.05) is 0 Å². The van der Waals surface area contributed by atoms with Crippen LogP contribution in [0, 0.1) is 5.41 Å². The molecule has 0 spiro atoms. The van der Waals surface area contributed by atoms with Crippen LogP contribution in [0.1, 0.15) is 0 Å². The highest BCUT2D eigenvalue weighted by molar-refractivity contribution is 6.01. The van der Waals surface area contributed by atoms with E-state index < -0.39 is 17.5 Å². The lowest BCUT2D eigenvalue weighted by molar-refractivity contribution is -0.203. The number of amides is 1. The van der Waals surface area contributed by atoms with Crippen molar-refractivity contribution in [3.05, 3.63) is 24.3 Å². The number of ether oxygens (including phenoxy) is 3. The molecule has 0 radical (unpaired) electrons. The number of anilines is 1. The predicted molar refractivity (Wildman–Crippen MR) is 64.8 cm³/mol. The number of benzene rings is 1. The number of para-hydroxylation sites is 2. The molecule has 100 valence electrons. The van der Waals surface area contributed by atoms with Crippen LogP contribution in [0.5, 0.6) is 5.75 Å².